The molecule has 14 rings (SSSR count). The summed E-state index contributed by atoms with van der Waals surface area (Å²) in [6, 6.07) is 94.9. The molecule has 4 aliphatic carbocycles. The van der Waals surface area contributed by atoms with Crippen LogP contribution in [0.1, 0.15) is 44.5 Å². The quantitative estimate of drug-likeness (QED) is 0.165. The number of allylic oxidation sites excluding steroid dienone is 2. The minimum absolute atomic E-state index is 0.613. The van der Waals surface area contributed by atoms with Crippen molar-refractivity contribution < 1.29 is 0 Å². The maximum absolute atomic E-state index is 2.54. The summed E-state index contributed by atoms with van der Waals surface area (Å²) in [6.45, 7) is 0. The van der Waals surface area contributed by atoms with E-state index in [2.05, 4.69) is 265 Å². The molecular weight excluding hydrogens is 797 g/mol. The maximum atomic E-state index is 2.54. The Kier molecular flexibility index (Phi) is 7.85. The van der Waals surface area contributed by atoms with Crippen LogP contribution in [0.15, 0.2) is 255 Å². The van der Waals surface area contributed by atoms with Crippen LogP contribution in [0.25, 0.3) is 33.4 Å². The van der Waals surface area contributed by atoms with Gasteiger partial charge in [0.15, 0.2) is 0 Å². The first kappa shape index (κ1) is 37.0. The number of benzene rings is 10. The van der Waals surface area contributed by atoms with E-state index in [1.54, 1.807) is 0 Å². The standard InChI is InChI=1S/C64H42N2/c1-5-21-43(22-6-1)65(44-23-7-2-8-24-44)47-37-39-53-59(41-47)63(55-33-17-13-29-49(55)50-30-14-18-34-56(50)63)62-54-40-38-48(66(45-25-9-3-10-26-45)46-27-11-4-12-28-46)42-60(54)64(61(53)62)57-35-19-15-31-51(57)52-32-16-20-36-58(52)64/h1-42H. The topological polar surface area (TPSA) is 6.48 Å². The van der Waals surface area contributed by atoms with Gasteiger partial charge in [-0.25, -0.2) is 0 Å². The Morgan fingerprint density at radius 3 is 0.742 bits per heavy atom. The van der Waals surface area contributed by atoms with Gasteiger partial charge in [0.2, 0.25) is 0 Å². The molecule has 2 heteroatoms. The first-order valence-corrected chi connectivity index (χ1v) is 23.0. The molecule has 0 bridgehead atoms. The number of fused-ring (bicyclic) bond motifs is 18. The maximum Gasteiger partial charge on any atom is 0.0729 e. The minimum atomic E-state index is -0.613. The molecule has 10 aromatic carbocycles. The zero-order chi connectivity index (χ0) is 43.4. The van der Waals surface area contributed by atoms with Crippen molar-refractivity contribution in [3.05, 3.63) is 299 Å². The van der Waals surface area contributed by atoms with Gasteiger partial charge in [0.05, 0.1) is 10.8 Å². The second-order valence-corrected chi connectivity index (χ2v) is 17.9. The molecule has 0 atom stereocenters. The molecule has 0 radical (unpaired) electrons. The molecule has 0 aromatic heterocycles. The highest BCUT2D eigenvalue weighted by Gasteiger charge is 2.63. The zero-order valence-corrected chi connectivity index (χ0v) is 36.1. The normalized spacial score (nSPS) is 14.5. The van der Waals surface area contributed by atoms with Crippen LogP contribution in [0.3, 0.4) is 0 Å². The fourth-order valence-electron chi connectivity index (χ4n) is 12.5. The highest BCUT2D eigenvalue weighted by Crippen LogP contribution is 2.75. The summed E-state index contributed by atoms with van der Waals surface area (Å²) >= 11 is 0. The molecule has 4 aliphatic rings. The first-order valence-electron chi connectivity index (χ1n) is 23.0. The molecule has 2 spiro atoms. The number of nitrogens with zero attached hydrogens (tertiary/aromatic N) is 2. The molecule has 0 saturated heterocycles. The van der Waals surface area contributed by atoms with E-state index in [0.717, 1.165) is 34.1 Å². The van der Waals surface area contributed by atoms with Gasteiger partial charge >= 0.3 is 0 Å². The molecule has 0 fully saturated rings. The van der Waals surface area contributed by atoms with Crippen molar-refractivity contribution >= 4 is 45.3 Å². The molecule has 0 amide bonds. The predicted molar refractivity (Wildman–Crippen MR) is 273 cm³/mol. The van der Waals surface area contributed by atoms with Crippen LogP contribution in [0.5, 0.6) is 0 Å². The monoisotopic (exact) mass is 838 g/mol. The van der Waals surface area contributed by atoms with Crippen molar-refractivity contribution in [3.8, 4) is 22.3 Å². The number of para-hydroxylation sites is 4. The Balaban J connectivity index is 1.13. The van der Waals surface area contributed by atoms with Crippen molar-refractivity contribution in [1.82, 2.24) is 0 Å². The summed E-state index contributed by atoms with van der Waals surface area (Å²) in [5, 5.41) is 0. The van der Waals surface area contributed by atoms with Gasteiger partial charge in [-0.1, -0.05) is 182 Å². The van der Waals surface area contributed by atoms with Crippen LogP contribution in [0.2, 0.25) is 0 Å². The van der Waals surface area contributed by atoms with Crippen LogP contribution in [0, 0.1) is 0 Å². The van der Waals surface area contributed by atoms with Gasteiger partial charge in [-0.2, -0.15) is 0 Å². The summed E-state index contributed by atoms with van der Waals surface area (Å²) in [7, 11) is 0. The van der Waals surface area contributed by atoms with Crippen LogP contribution in [0.4, 0.5) is 34.1 Å². The molecule has 0 N–H and O–H groups in total. The summed E-state index contributed by atoms with van der Waals surface area (Å²) in [6.07, 6.45) is 0. The van der Waals surface area contributed by atoms with Gasteiger partial charge in [0, 0.05) is 34.1 Å². The van der Waals surface area contributed by atoms with E-state index in [9.17, 15) is 0 Å². The predicted octanol–water partition coefficient (Wildman–Crippen LogP) is 16.2. The number of hydrogen-bond donors (Lipinski definition) is 0. The molecule has 66 heavy (non-hydrogen) atoms. The van der Waals surface area contributed by atoms with Crippen molar-refractivity contribution in [3.63, 3.8) is 0 Å². The molecule has 308 valence electrons. The average molecular weight is 839 g/mol. The average Bonchev–Trinajstić information content (AvgIpc) is 4.07. The number of anilines is 6. The summed E-state index contributed by atoms with van der Waals surface area (Å²) in [5.74, 6) is 0. The fraction of sp³-hybridized carbons (Fsp3) is 0.0312. The van der Waals surface area contributed by atoms with Crippen LogP contribution in [-0.2, 0) is 10.8 Å². The van der Waals surface area contributed by atoms with E-state index in [1.807, 2.05) is 0 Å². The van der Waals surface area contributed by atoms with Gasteiger partial charge in [-0.05, 0) is 151 Å². The summed E-state index contributed by atoms with van der Waals surface area (Å²) < 4.78 is 0. The lowest BCUT2D eigenvalue weighted by Gasteiger charge is -2.36. The molecule has 0 aliphatic heterocycles. The van der Waals surface area contributed by atoms with Gasteiger partial charge < -0.3 is 9.80 Å². The first-order chi connectivity index (χ1) is 32.8. The SMILES string of the molecule is c1ccc(N(c2ccccc2)c2ccc3c(c2)C2(C4=C3C3(c5cc(N(c6ccccc6)c6ccccc6)ccc54)c4ccccc4-c4ccccc43)c3ccccc3-c3ccccc32)cc1. The third kappa shape index (κ3) is 4.80. The lowest BCUT2D eigenvalue weighted by molar-refractivity contribution is 0.826. The van der Waals surface area contributed by atoms with Crippen molar-refractivity contribution in [2.75, 3.05) is 9.80 Å². The lowest BCUT2D eigenvalue weighted by Crippen LogP contribution is -2.29. The van der Waals surface area contributed by atoms with Crippen molar-refractivity contribution in [1.29, 1.82) is 0 Å². The largest absolute Gasteiger partial charge is 0.310 e. The summed E-state index contributed by atoms with van der Waals surface area (Å²) in [5.41, 5.74) is 24.1. The van der Waals surface area contributed by atoms with E-state index < -0.39 is 10.8 Å². The van der Waals surface area contributed by atoms with Gasteiger partial charge in [0.25, 0.3) is 0 Å². The highest BCUT2D eigenvalue weighted by molar-refractivity contribution is 6.20. The third-order valence-corrected chi connectivity index (χ3v) is 14.8. The summed E-state index contributed by atoms with van der Waals surface area (Å²) in [4.78, 5) is 4.84. The van der Waals surface area contributed by atoms with E-state index in [1.165, 1.54) is 77.9 Å². The Morgan fingerprint density at radius 2 is 0.455 bits per heavy atom. The molecule has 0 heterocycles. The minimum Gasteiger partial charge on any atom is -0.310 e. The van der Waals surface area contributed by atoms with E-state index in [0.29, 0.717) is 0 Å². The van der Waals surface area contributed by atoms with Crippen LogP contribution < -0.4 is 9.80 Å². The van der Waals surface area contributed by atoms with Crippen LogP contribution in [-0.4, -0.2) is 0 Å². The van der Waals surface area contributed by atoms with Crippen molar-refractivity contribution in [2.24, 2.45) is 0 Å². The lowest BCUT2D eigenvalue weighted by atomic mass is 9.66. The number of hydrogen-bond acceptors (Lipinski definition) is 2. The number of rotatable bonds is 6. The Bertz CT molecular complexity index is 3180. The highest BCUT2D eigenvalue weighted by atomic mass is 15.1. The Hall–Kier alpha value is -8.46. The Morgan fingerprint density at radius 1 is 0.197 bits per heavy atom. The Labute approximate surface area is 385 Å². The van der Waals surface area contributed by atoms with Gasteiger partial charge in [-0.15, -0.1) is 0 Å². The van der Waals surface area contributed by atoms with Crippen LogP contribution >= 0.6 is 0 Å². The van der Waals surface area contributed by atoms with E-state index in [-0.39, 0.29) is 0 Å². The molecule has 2 nitrogen and oxygen atoms in total. The fourth-order valence-corrected chi connectivity index (χ4v) is 12.5. The molecule has 0 saturated carbocycles. The van der Waals surface area contributed by atoms with E-state index in [4.69, 9.17) is 0 Å². The molecular formula is C64H42N2. The van der Waals surface area contributed by atoms with Crippen molar-refractivity contribution in [2.45, 2.75) is 10.8 Å². The zero-order valence-electron chi connectivity index (χ0n) is 36.1. The second kappa shape index (κ2) is 14.0. The third-order valence-electron chi connectivity index (χ3n) is 14.8. The molecule has 10 aromatic rings. The molecule has 0 unspecified atom stereocenters. The smallest absolute Gasteiger partial charge is 0.0729 e. The van der Waals surface area contributed by atoms with E-state index >= 15 is 0 Å². The second-order valence-electron chi connectivity index (χ2n) is 17.9. The van der Waals surface area contributed by atoms with Gasteiger partial charge in [-0.3, -0.25) is 0 Å². The van der Waals surface area contributed by atoms with Gasteiger partial charge in [0.1, 0.15) is 0 Å².